The first-order valence-corrected chi connectivity index (χ1v) is 9.88. The van der Waals surface area contributed by atoms with E-state index in [0.717, 1.165) is 17.0 Å². The van der Waals surface area contributed by atoms with Gasteiger partial charge in [-0.3, -0.25) is 4.79 Å². The summed E-state index contributed by atoms with van der Waals surface area (Å²) in [5.74, 6) is 1.18. The van der Waals surface area contributed by atoms with Crippen LogP contribution in [-0.2, 0) is 16.1 Å². The number of hydrogen-bond donors (Lipinski definition) is 1. The molecule has 2 rings (SSSR count). The van der Waals surface area contributed by atoms with Gasteiger partial charge in [0.2, 0.25) is 0 Å². The van der Waals surface area contributed by atoms with Gasteiger partial charge in [-0.1, -0.05) is 11.2 Å². The molecule has 146 valence electrons. The third kappa shape index (κ3) is 5.75. The van der Waals surface area contributed by atoms with Gasteiger partial charge in [-0.15, -0.1) is 0 Å². The van der Waals surface area contributed by atoms with Gasteiger partial charge in [0.05, 0.1) is 18.4 Å². The zero-order chi connectivity index (χ0) is 19.8. The molecule has 0 radical (unpaired) electrons. The molecule has 0 aliphatic heterocycles. The Morgan fingerprint density at radius 3 is 2.74 bits per heavy atom. The number of aryl methyl sites for hydroxylation is 2. The standard InChI is InChI=1S/C19H24N2O5S/c1-12-16(13(2)26-21-12)11-25-15-7-5-6-14(10-15)18(22)20-17(8-9-27-4)19(23)24-3/h5-7,10,17H,8-9,11H2,1-4H3,(H,20,22)/t17-/m0/s1. The van der Waals surface area contributed by atoms with Gasteiger partial charge in [0.1, 0.15) is 24.2 Å². The molecule has 0 aliphatic carbocycles. The van der Waals surface area contributed by atoms with Gasteiger partial charge in [-0.05, 0) is 50.5 Å². The number of methoxy groups -OCH3 is 1. The van der Waals surface area contributed by atoms with Crippen molar-refractivity contribution in [1.82, 2.24) is 10.5 Å². The molecule has 1 atom stereocenters. The normalized spacial score (nSPS) is 11.7. The fraction of sp³-hybridized carbons (Fsp3) is 0.421. The van der Waals surface area contributed by atoms with Gasteiger partial charge in [0.25, 0.3) is 5.91 Å². The van der Waals surface area contributed by atoms with Crippen molar-refractivity contribution in [2.24, 2.45) is 0 Å². The molecule has 0 fully saturated rings. The Morgan fingerprint density at radius 1 is 1.33 bits per heavy atom. The number of nitrogens with zero attached hydrogens (tertiary/aromatic N) is 1. The SMILES string of the molecule is COC(=O)[C@H](CCSC)NC(=O)c1cccc(OCc2c(C)noc2C)c1. The number of amides is 1. The van der Waals surface area contributed by atoms with E-state index in [-0.39, 0.29) is 5.91 Å². The average Bonchev–Trinajstić information content (AvgIpc) is 3.00. The summed E-state index contributed by atoms with van der Waals surface area (Å²) in [5.41, 5.74) is 2.06. The lowest BCUT2D eigenvalue weighted by molar-refractivity contribution is -0.142. The van der Waals surface area contributed by atoms with Gasteiger partial charge in [0.15, 0.2) is 0 Å². The fourth-order valence-corrected chi connectivity index (χ4v) is 2.93. The van der Waals surface area contributed by atoms with Crippen LogP contribution in [0.3, 0.4) is 0 Å². The van der Waals surface area contributed by atoms with E-state index >= 15 is 0 Å². The van der Waals surface area contributed by atoms with E-state index in [1.54, 1.807) is 36.0 Å². The van der Waals surface area contributed by atoms with Crippen LogP contribution in [0.25, 0.3) is 0 Å². The highest BCUT2D eigenvalue weighted by molar-refractivity contribution is 7.98. The zero-order valence-electron chi connectivity index (χ0n) is 15.9. The first-order valence-electron chi connectivity index (χ1n) is 8.48. The van der Waals surface area contributed by atoms with Crippen molar-refractivity contribution >= 4 is 23.6 Å². The summed E-state index contributed by atoms with van der Waals surface area (Å²) in [7, 11) is 1.31. The van der Waals surface area contributed by atoms with E-state index in [9.17, 15) is 9.59 Å². The molecule has 1 N–H and O–H groups in total. The topological polar surface area (TPSA) is 90.7 Å². The van der Waals surface area contributed by atoms with Crippen molar-refractivity contribution in [2.75, 3.05) is 19.1 Å². The molecule has 1 aromatic heterocycles. The summed E-state index contributed by atoms with van der Waals surface area (Å²) in [6.45, 7) is 3.97. The molecule has 0 aliphatic rings. The van der Waals surface area contributed by atoms with Crippen LogP contribution in [0.2, 0.25) is 0 Å². The van der Waals surface area contributed by atoms with Crippen molar-refractivity contribution in [3.8, 4) is 5.75 Å². The Morgan fingerprint density at radius 2 is 2.11 bits per heavy atom. The van der Waals surface area contributed by atoms with E-state index in [4.69, 9.17) is 14.0 Å². The molecule has 1 heterocycles. The Bertz CT molecular complexity index is 771. The highest BCUT2D eigenvalue weighted by Gasteiger charge is 2.22. The van der Waals surface area contributed by atoms with Gasteiger partial charge in [-0.2, -0.15) is 11.8 Å². The zero-order valence-corrected chi connectivity index (χ0v) is 16.7. The van der Waals surface area contributed by atoms with Gasteiger partial charge >= 0.3 is 5.97 Å². The van der Waals surface area contributed by atoms with E-state index < -0.39 is 12.0 Å². The smallest absolute Gasteiger partial charge is 0.328 e. The molecule has 0 unspecified atom stereocenters. The third-order valence-electron chi connectivity index (χ3n) is 4.06. The molecule has 0 saturated heterocycles. The van der Waals surface area contributed by atoms with Gasteiger partial charge < -0.3 is 19.3 Å². The van der Waals surface area contributed by atoms with Crippen LogP contribution in [0.4, 0.5) is 0 Å². The van der Waals surface area contributed by atoms with E-state index in [1.807, 2.05) is 20.1 Å². The summed E-state index contributed by atoms with van der Waals surface area (Å²) in [5, 5.41) is 6.62. The van der Waals surface area contributed by atoms with E-state index in [2.05, 4.69) is 10.5 Å². The lowest BCUT2D eigenvalue weighted by Crippen LogP contribution is -2.41. The number of nitrogens with one attached hydrogen (secondary N) is 1. The number of benzene rings is 1. The first-order chi connectivity index (χ1) is 13.0. The lowest BCUT2D eigenvalue weighted by atomic mass is 10.1. The summed E-state index contributed by atoms with van der Waals surface area (Å²) in [4.78, 5) is 24.4. The Balaban J connectivity index is 2.04. The number of aromatic nitrogens is 1. The number of ether oxygens (including phenoxy) is 2. The number of carbonyl (C=O) groups excluding carboxylic acids is 2. The lowest BCUT2D eigenvalue weighted by Gasteiger charge is -2.16. The quantitative estimate of drug-likeness (QED) is 0.656. The molecule has 0 saturated carbocycles. The van der Waals surface area contributed by atoms with Crippen molar-refractivity contribution in [1.29, 1.82) is 0 Å². The molecular weight excluding hydrogens is 368 g/mol. The molecule has 2 aromatic rings. The van der Waals surface area contributed by atoms with Crippen molar-refractivity contribution in [3.05, 3.63) is 46.8 Å². The first kappa shape index (κ1) is 20.8. The van der Waals surface area contributed by atoms with Gasteiger partial charge in [-0.25, -0.2) is 4.79 Å². The Kier molecular flexibility index (Phi) is 7.72. The van der Waals surface area contributed by atoms with Crippen LogP contribution >= 0.6 is 11.8 Å². The summed E-state index contributed by atoms with van der Waals surface area (Å²) < 4.78 is 15.7. The molecule has 1 aromatic carbocycles. The monoisotopic (exact) mass is 392 g/mol. The van der Waals surface area contributed by atoms with Gasteiger partial charge in [0, 0.05) is 5.56 Å². The Hall–Kier alpha value is -2.48. The fourth-order valence-electron chi connectivity index (χ4n) is 2.46. The minimum Gasteiger partial charge on any atom is -0.489 e. The van der Waals surface area contributed by atoms with Crippen molar-refractivity contribution in [2.45, 2.75) is 32.9 Å². The maximum atomic E-state index is 12.5. The molecule has 7 nitrogen and oxygen atoms in total. The van der Waals surface area contributed by atoms with Crippen LogP contribution in [0, 0.1) is 13.8 Å². The number of hydrogen-bond acceptors (Lipinski definition) is 7. The van der Waals surface area contributed by atoms with E-state index in [0.29, 0.717) is 30.1 Å². The average molecular weight is 392 g/mol. The summed E-state index contributed by atoms with van der Waals surface area (Å²) in [6, 6.07) is 6.12. The minimum atomic E-state index is -0.679. The van der Waals surface area contributed by atoms with Crippen LogP contribution in [0.15, 0.2) is 28.8 Å². The van der Waals surface area contributed by atoms with Crippen LogP contribution in [-0.4, -0.2) is 42.2 Å². The second-order valence-electron chi connectivity index (χ2n) is 5.95. The van der Waals surface area contributed by atoms with Crippen LogP contribution < -0.4 is 10.1 Å². The molecule has 0 bridgehead atoms. The van der Waals surface area contributed by atoms with Crippen molar-refractivity contribution in [3.63, 3.8) is 0 Å². The highest BCUT2D eigenvalue weighted by atomic mass is 32.2. The maximum absolute atomic E-state index is 12.5. The Labute approximate surface area is 162 Å². The van der Waals surface area contributed by atoms with Crippen molar-refractivity contribution < 1.29 is 23.6 Å². The number of thioether (sulfide) groups is 1. The van der Waals surface area contributed by atoms with Crippen LogP contribution in [0.5, 0.6) is 5.75 Å². The predicted octanol–water partition coefficient (Wildman–Crippen LogP) is 2.89. The number of rotatable bonds is 9. The molecule has 0 spiro atoms. The number of carbonyl (C=O) groups is 2. The maximum Gasteiger partial charge on any atom is 0.328 e. The molecule has 27 heavy (non-hydrogen) atoms. The summed E-state index contributed by atoms with van der Waals surface area (Å²) in [6.07, 6.45) is 2.44. The van der Waals surface area contributed by atoms with Crippen LogP contribution in [0.1, 0.15) is 33.8 Å². The highest BCUT2D eigenvalue weighted by Crippen LogP contribution is 2.18. The predicted molar refractivity (Wildman–Crippen MR) is 103 cm³/mol. The molecule has 8 heteroatoms. The molecular formula is C19H24N2O5S. The minimum absolute atomic E-state index is 0.296. The molecule has 1 amide bonds. The second-order valence-corrected chi connectivity index (χ2v) is 6.94. The van der Waals surface area contributed by atoms with E-state index in [1.165, 1.54) is 7.11 Å². The second kappa shape index (κ2) is 10.0. The third-order valence-corrected chi connectivity index (χ3v) is 4.71. The largest absolute Gasteiger partial charge is 0.489 e. The summed E-state index contributed by atoms with van der Waals surface area (Å²) >= 11 is 1.60. The number of esters is 1.